The van der Waals surface area contributed by atoms with Crippen molar-refractivity contribution in [3.63, 3.8) is 0 Å². The van der Waals surface area contributed by atoms with Gasteiger partial charge in [-0.15, -0.1) is 0 Å². The second kappa shape index (κ2) is 9.65. The van der Waals surface area contributed by atoms with Crippen molar-refractivity contribution in [2.24, 2.45) is 11.8 Å². The van der Waals surface area contributed by atoms with Crippen LogP contribution in [0.1, 0.15) is 47.0 Å². The molecule has 130 valence electrons. The maximum Gasteiger partial charge on any atom is 0.279 e. The SMILES string of the molecule is CC(C)CCN(CCC(C)C)S(=O)(=O)NCC1=CCNCC1. The van der Waals surface area contributed by atoms with Gasteiger partial charge in [-0.05, 0) is 37.6 Å². The summed E-state index contributed by atoms with van der Waals surface area (Å²) in [5, 5.41) is 3.24. The largest absolute Gasteiger partial charge is 0.313 e. The molecule has 0 spiro atoms. The molecule has 0 aromatic heterocycles. The van der Waals surface area contributed by atoms with Crippen molar-refractivity contribution < 1.29 is 8.42 Å². The summed E-state index contributed by atoms with van der Waals surface area (Å²) in [7, 11) is -3.39. The lowest BCUT2D eigenvalue weighted by molar-refractivity contribution is 0.353. The first kappa shape index (κ1) is 19.6. The van der Waals surface area contributed by atoms with Gasteiger partial charge in [0.1, 0.15) is 0 Å². The summed E-state index contributed by atoms with van der Waals surface area (Å²) in [5.74, 6) is 1.01. The highest BCUT2D eigenvalue weighted by molar-refractivity contribution is 7.87. The number of nitrogens with one attached hydrogen (secondary N) is 2. The van der Waals surface area contributed by atoms with E-state index in [-0.39, 0.29) is 0 Å². The third kappa shape index (κ3) is 7.72. The van der Waals surface area contributed by atoms with Crippen LogP contribution < -0.4 is 10.0 Å². The Kier molecular flexibility index (Phi) is 8.61. The highest BCUT2D eigenvalue weighted by Crippen LogP contribution is 2.11. The molecule has 0 amide bonds. The van der Waals surface area contributed by atoms with Crippen LogP contribution in [-0.4, -0.2) is 45.4 Å². The molecule has 0 saturated carbocycles. The molecule has 2 N–H and O–H groups in total. The van der Waals surface area contributed by atoms with Crippen LogP contribution in [0.5, 0.6) is 0 Å². The van der Waals surface area contributed by atoms with Gasteiger partial charge in [0.2, 0.25) is 0 Å². The molecule has 6 heteroatoms. The van der Waals surface area contributed by atoms with Gasteiger partial charge in [0.25, 0.3) is 10.2 Å². The van der Waals surface area contributed by atoms with Crippen molar-refractivity contribution in [3.8, 4) is 0 Å². The first-order valence-corrected chi connectivity index (χ1v) is 9.88. The van der Waals surface area contributed by atoms with Crippen LogP contribution in [0.25, 0.3) is 0 Å². The van der Waals surface area contributed by atoms with Crippen LogP contribution in [0.15, 0.2) is 11.6 Å². The van der Waals surface area contributed by atoms with Gasteiger partial charge in [0.05, 0.1) is 0 Å². The van der Waals surface area contributed by atoms with Crippen molar-refractivity contribution in [1.82, 2.24) is 14.3 Å². The Bertz CT molecular complexity index is 432. The molecule has 0 aromatic carbocycles. The van der Waals surface area contributed by atoms with Crippen molar-refractivity contribution in [3.05, 3.63) is 11.6 Å². The molecular formula is C16H33N3O2S. The molecule has 1 aliphatic heterocycles. The average molecular weight is 332 g/mol. The first-order chi connectivity index (χ1) is 10.3. The minimum Gasteiger partial charge on any atom is -0.313 e. The second-order valence-electron chi connectivity index (χ2n) is 6.91. The van der Waals surface area contributed by atoms with Crippen molar-refractivity contribution in [2.45, 2.75) is 47.0 Å². The third-order valence-electron chi connectivity index (χ3n) is 3.89. The summed E-state index contributed by atoms with van der Waals surface area (Å²) < 4.78 is 29.5. The summed E-state index contributed by atoms with van der Waals surface area (Å²) in [4.78, 5) is 0. The Labute approximate surface area is 136 Å². The standard InChI is InChI=1S/C16H33N3O2S/c1-14(2)7-11-19(12-8-15(3)4)22(20,21)18-13-16-5-9-17-10-6-16/h5,14-15,17-18H,6-13H2,1-4H3. The third-order valence-corrected chi connectivity index (χ3v) is 5.45. The maximum absolute atomic E-state index is 12.6. The first-order valence-electron chi connectivity index (χ1n) is 8.44. The second-order valence-corrected chi connectivity index (χ2v) is 8.66. The van der Waals surface area contributed by atoms with E-state index in [2.05, 4.69) is 43.8 Å². The van der Waals surface area contributed by atoms with E-state index >= 15 is 0 Å². The zero-order valence-corrected chi connectivity index (χ0v) is 15.4. The Morgan fingerprint density at radius 1 is 1.18 bits per heavy atom. The van der Waals surface area contributed by atoms with Gasteiger partial charge in [-0.25, -0.2) is 0 Å². The Morgan fingerprint density at radius 2 is 1.77 bits per heavy atom. The van der Waals surface area contributed by atoms with Gasteiger partial charge in [-0.2, -0.15) is 17.4 Å². The molecule has 0 unspecified atom stereocenters. The van der Waals surface area contributed by atoms with Crippen molar-refractivity contribution >= 4 is 10.2 Å². The van der Waals surface area contributed by atoms with E-state index in [4.69, 9.17) is 0 Å². The minimum absolute atomic E-state index is 0.434. The van der Waals surface area contributed by atoms with Crippen molar-refractivity contribution in [2.75, 3.05) is 32.7 Å². The molecule has 1 heterocycles. The average Bonchev–Trinajstić information content (AvgIpc) is 2.45. The summed E-state index contributed by atoms with van der Waals surface area (Å²) in [6.45, 7) is 11.9. The molecule has 0 fully saturated rings. The van der Waals surface area contributed by atoms with E-state index in [9.17, 15) is 8.42 Å². The molecule has 0 bridgehead atoms. The fourth-order valence-corrected chi connectivity index (χ4v) is 3.50. The van der Waals surface area contributed by atoms with E-state index in [0.29, 0.717) is 31.5 Å². The number of rotatable bonds is 10. The summed E-state index contributed by atoms with van der Waals surface area (Å²) in [6, 6.07) is 0. The monoisotopic (exact) mass is 331 g/mol. The number of hydrogen-bond donors (Lipinski definition) is 2. The lowest BCUT2D eigenvalue weighted by Gasteiger charge is -2.25. The molecule has 0 atom stereocenters. The van der Waals surface area contributed by atoms with Crippen LogP contribution in [0.2, 0.25) is 0 Å². The van der Waals surface area contributed by atoms with Crippen LogP contribution >= 0.6 is 0 Å². The molecule has 1 rings (SSSR count). The van der Waals surface area contributed by atoms with Gasteiger partial charge in [-0.1, -0.05) is 39.3 Å². The maximum atomic E-state index is 12.6. The van der Waals surface area contributed by atoms with Gasteiger partial charge in [0, 0.05) is 26.2 Å². The smallest absolute Gasteiger partial charge is 0.279 e. The summed E-state index contributed by atoms with van der Waals surface area (Å²) in [5.41, 5.74) is 1.18. The van der Waals surface area contributed by atoms with Crippen molar-refractivity contribution in [1.29, 1.82) is 0 Å². The number of hydrogen-bond acceptors (Lipinski definition) is 3. The van der Waals surface area contributed by atoms with Crippen LogP contribution in [0, 0.1) is 11.8 Å². The van der Waals surface area contributed by atoms with Gasteiger partial charge >= 0.3 is 0 Å². The van der Waals surface area contributed by atoms with Gasteiger partial charge in [-0.3, -0.25) is 0 Å². The van der Waals surface area contributed by atoms with Crippen LogP contribution in [-0.2, 0) is 10.2 Å². The van der Waals surface area contributed by atoms with Crippen LogP contribution in [0.3, 0.4) is 0 Å². The van der Waals surface area contributed by atoms with E-state index < -0.39 is 10.2 Å². The Hall–Kier alpha value is -0.430. The molecule has 0 radical (unpaired) electrons. The quantitative estimate of drug-likeness (QED) is 0.603. The lowest BCUT2D eigenvalue weighted by Crippen LogP contribution is -2.43. The summed E-state index contributed by atoms with van der Waals surface area (Å²) >= 11 is 0. The van der Waals surface area contributed by atoms with E-state index in [0.717, 1.165) is 32.4 Å². The van der Waals surface area contributed by atoms with Gasteiger partial charge < -0.3 is 5.32 Å². The van der Waals surface area contributed by atoms with E-state index in [1.807, 2.05) is 0 Å². The molecule has 0 saturated heterocycles. The highest BCUT2D eigenvalue weighted by Gasteiger charge is 2.22. The number of nitrogens with zero attached hydrogens (tertiary/aromatic N) is 1. The zero-order chi connectivity index (χ0) is 16.6. The van der Waals surface area contributed by atoms with Gasteiger partial charge in [0.15, 0.2) is 0 Å². The Morgan fingerprint density at radius 3 is 2.23 bits per heavy atom. The topological polar surface area (TPSA) is 61.4 Å². The molecule has 0 aliphatic carbocycles. The molecule has 5 nitrogen and oxygen atoms in total. The minimum atomic E-state index is -3.39. The fraction of sp³-hybridized carbons (Fsp3) is 0.875. The molecule has 22 heavy (non-hydrogen) atoms. The predicted molar refractivity (Wildman–Crippen MR) is 93.0 cm³/mol. The van der Waals surface area contributed by atoms with Crippen LogP contribution in [0.4, 0.5) is 0 Å². The highest BCUT2D eigenvalue weighted by atomic mass is 32.2. The lowest BCUT2D eigenvalue weighted by atomic mass is 10.1. The van der Waals surface area contributed by atoms with E-state index in [1.165, 1.54) is 5.57 Å². The predicted octanol–water partition coefficient (Wildman–Crippen LogP) is 2.13. The molecule has 0 aromatic rings. The zero-order valence-electron chi connectivity index (χ0n) is 14.6. The molecular weight excluding hydrogens is 298 g/mol. The Balaban J connectivity index is 2.60. The normalized spacial score (nSPS) is 16.6. The molecule has 1 aliphatic rings. The fourth-order valence-electron chi connectivity index (χ4n) is 2.26. The van der Waals surface area contributed by atoms with E-state index in [1.54, 1.807) is 4.31 Å². The summed E-state index contributed by atoms with van der Waals surface area (Å²) in [6.07, 6.45) is 4.79.